The van der Waals surface area contributed by atoms with Crippen LogP contribution in [0.2, 0.25) is 0 Å². The standard InChI is InChI=1S/C18H20N6O/c1-2-3-9-18(22-23-18)10-8-17(25)20-11-15-6-4-5-7-16(15)12-24-14-19-13-21-24/h1,4-7,13-14H,3,8-12H2,(H,20,25). The largest absolute Gasteiger partial charge is 0.352 e. The highest BCUT2D eigenvalue weighted by molar-refractivity contribution is 5.76. The Hall–Kier alpha value is -3.01. The monoisotopic (exact) mass is 336 g/mol. The van der Waals surface area contributed by atoms with E-state index in [9.17, 15) is 4.79 Å². The van der Waals surface area contributed by atoms with Gasteiger partial charge in [-0.2, -0.15) is 15.3 Å². The molecule has 0 spiro atoms. The van der Waals surface area contributed by atoms with E-state index in [2.05, 4.69) is 31.5 Å². The van der Waals surface area contributed by atoms with Gasteiger partial charge in [0.1, 0.15) is 12.7 Å². The van der Waals surface area contributed by atoms with E-state index in [0.717, 1.165) is 17.5 Å². The summed E-state index contributed by atoms with van der Waals surface area (Å²) in [6.45, 7) is 1.11. The quantitative estimate of drug-likeness (QED) is 0.713. The summed E-state index contributed by atoms with van der Waals surface area (Å²) in [5.74, 6) is 2.58. The molecule has 0 radical (unpaired) electrons. The van der Waals surface area contributed by atoms with Gasteiger partial charge < -0.3 is 5.32 Å². The Morgan fingerprint density at radius 1 is 1.24 bits per heavy atom. The average molecular weight is 336 g/mol. The van der Waals surface area contributed by atoms with E-state index < -0.39 is 5.66 Å². The molecule has 0 unspecified atom stereocenters. The fourth-order valence-corrected chi connectivity index (χ4v) is 2.64. The van der Waals surface area contributed by atoms with Crippen LogP contribution in [-0.4, -0.2) is 26.3 Å². The fourth-order valence-electron chi connectivity index (χ4n) is 2.64. The lowest BCUT2D eigenvalue weighted by Crippen LogP contribution is -2.25. The number of aromatic nitrogens is 3. The minimum Gasteiger partial charge on any atom is -0.352 e. The number of benzene rings is 1. The summed E-state index contributed by atoms with van der Waals surface area (Å²) in [5.41, 5.74) is 1.76. The summed E-state index contributed by atoms with van der Waals surface area (Å²) in [5, 5.41) is 15.2. The number of nitrogens with zero attached hydrogens (tertiary/aromatic N) is 5. The van der Waals surface area contributed by atoms with Crippen LogP contribution < -0.4 is 5.32 Å². The molecule has 0 saturated heterocycles. The van der Waals surface area contributed by atoms with Gasteiger partial charge in [0.05, 0.1) is 6.54 Å². The number of hydrogen-bond donors (Lipinski definition) is 1. The molecule has 7 nitrogen and oxygen atoms in total. The number of terminal acetylenes is 1. The molecule has 0 bridgehead atoms. The summed E-state index contributed by atoms with van der Waals surface area (Å²) in [6.07, 6.45) is 10.8. The van der Waals surface area contributed by atoms with Gasteiger partial charge in [0.2, 0.25) is 5.91 Å². The molecule has 2 aromatic rings. The zero-order valence-corrected chi connectivity index (χ0v) is 13.9. The van der Waals surface area contributed by atoms with Crippen LogP contribution >= 0.6 is 0 Å². The average Bonchev–Trinajstić information content (AvgIpc) is 3.22. The molecule has 7 heteroatoms. The fraction of sp³-hybridized carbons (Fsp3) is 0.389. The van der Waals surface area contributed by atoms with Gasteiger partial charge in [0.15, 0.2) is 5.66 Å². The van der Waals surface area contributed by atoms with Crippen LogP contribution in [0.4, 0.5) is 0 Å². The molecule has 0 fully saturated rings. The van der Waals surface area contributed by atoms with E-state index in [1.165, 1.54) is 6.33 Å². The highest BCUT2D eigenvalue weighted by Crippen LogP contribution is 2.37. The van der Waals surface area contributed by atoms with Gasteiger partial charge >= 0.3 is 0 Å². The molecule has 0 saturated carbocycles. The topological polar surface area (TPSA) is 84.5 Å². The number of hydrogen-bond acceptors (Lipinski definition) is 5. The van der Waals surface area contributed by atoms with Gasteiger partial charge in [0, 0.05) is 32.2 Å². The molecular formula is C18H20N6O. The lowest BCUT2D eigenvalue weighted by atomic mass is 10.0. The first-order valence-electron chi connectivity index (χ1n) is 8.24. The molecule has 1 aromatic carbocycles. The lowest BCUT2D eigenvalue weighted by Gasteiger charge is -2.12. The first-order chi connectivity index (χ1) is 12.2. The van der Waals surface area contributed by atoms with Crippen LogP contribution in [0.1, 0.15) is 36.8 Å². The molecule has 2 heterocycles. The van der Waals surface area contributed by atoms with Crippen molar-refractivity contribution >= 4 is 5.91 Å². The summed E-state index contributed by atoms with van der Waals surface area (Å²) >= 11 is 0. The van der Waals surface area contributed by atoms with Crippen molar-refractivity contribution in [3.05, 3.63) is 48.0 Å². The minimum absolute atomic E-state index is 0.00654. The molecule has 1 amide bonds. The van der Waals surface area contributed by atoms with Gasteiger partial charge in [-0.25, -0.2) is 9.67 Å². The summed E-state index contributed by atoms with van der Waals surface area (Å²) in [4.78, 5) is 16.1. The van der Waals surface area contributed by atoms with Crippen LogP contribution in [0.15, 0.2) is 47.1 Å². The molecular weight excluding hydrogens is 316 g/mol. The van der Waals surface area contributed by atoms with Crippen molar-refractivity contribution in [2.75, 3.05) is 0 Å². The third-order valence-corrected chi connectivity index (χ3v) is 4.20. The van der Waals surface area contributed by atoms with Gasteiger partial charge in [-0.05, 0) is 11.1 Å². The maximum Gasteiger partial charge on any atom is 0.220 e. The smallest absolute Gasteiger partial charge is 0.220 e. The van der Waals surface area contributed by atoms with Crippen LogP contribution in [0.25, 0.3) is 0 Å². The van der Waals surface area contributed by atoms with E-state index in [-0.39, 0.29) is 5.91 Å². The Bertz CT molecular complexity index is 784. The van der Waals surface area contributed by atoms with Crippen LogP contribution in [0, 0.1) is 12.3 Å². The maximum absolute atomic E-state index is 12.1. The minimum atomic E-state index is -0.408. The zero-order valence-electron chi connectivity index (χ0n) is 13.9. The second-order valence-electron chi connectivity index (χ2n) is 6.03. The summed E-state index contributed by atoms with van der Waals surface area (Å²) in [6, 6.07) is 7.97. The lowest BCUT2D eigenvalue weighted by molar-refractivity contribution is -0.121. The Morgan fingerprint density at radius 3 is 2.72 bits per heavy atom. The maximum atomic E-state index is 12.1. The van der Waals surface area contributed by atoms with Crippen molar-refractivity contribution in [2.45, 2.75) is 44.4 Å². The molecule has 0 atom stereocenters. The third-order valence-electron chi connectivity index (χ3n) is 4.20. The van der Waals surface area contributed by atoms with Crippen LogP contribution in [-0.2, 0) is 17.9 Å². The van der Waals surface area contributed by atoms with Crippen molar-refractivity contribution in [3.63, 3.8) is 0 Å². The normalized spacial score (nSPS) is 14.0. The second-order valence-corrected chi connectivity index (χ2v) is 6.03. The van der Waals surface area contributed by atoms with Crippen LogP contribution in [0.5, 0.6) is 0 Å². The van der Waals surface area contributed by atoms with Gasteiger partial charge in [-0.1, -0.05) is 24.3 Å². The Labute approximate surface area is 146 Å². The number of nitrogens with one attached hydrogen (secondary N) is 1. The van der Waals surface area contributed by atoms with Gasteiger partial charge in [0.25, 0.3) is 0 Å². The number of amides is 1. The second kappa shape index (κ2) is 7.71. The van der Waals surface area contributed by atoms with E-state index in [1.807, 2.05) is 24.3 Å². The first-order valence-corrected chi connectivity index (χ1v) is 8.24. The number of carbonyl (C=O) groups is 1. The van der Waals surface area contributed by atoms with Crippen molar-refractivity contribution < 1.29 is 4.79 Å². The number of rotatable bonds is 9. The predicted molar refractivity (Wildman–Crippen MR) is 92.3 cm³/mol. The zero-order chi connectivity index (χ0) is 17.5. The highest BCUT2D eigenvalue weighted by Gasteiger charge is 2.39. The van der Waals surface area contributed by atoms with Gasteiger partial charge in [-0.3, -0.25) is 4.79 Å². The third kappa shape index (κ3) is 4.73. The molecule has 25 heavy (non-hydrogen) atoms. The van der Waals surface area contributed by atoms with Crippen LogP contribution in [0.3, 0.4) is 0 Å². The summed E-state index contributed by atoms with van der Waals surface area (Å²) < 4.78 is 1.76. The molecule has 128 valence electrons. The van der Waals surface area contributed by atoms with Crippen molar-refractivity contribution in [1.82, 2.24) is 20.1 Å². The SMILES string of the molecule is C#CCCC1(CCC(=O)NCc2ccccc2Cn2cncn2)N=N1. The molecule has 1 N–H and O–H groups in total. The highest BCUT2D eigenvalue weighted by atomic mass is 16.1. The molecule has 1 aliphatic heterocycles. The Kier molecular flexibility index (Phi) is 5.19. The van der Waals surface area contributed by atoms with Crippen molar-refractivity contribution in [1.29, 1.82) is 0 Å². The van der Waals surface area contributed by atoms with Crippen molar-refractivity contribution in [2.24, 2.45) is 10.2 Å². The van der Waals surface area contributed by atoms with Gasteiger partial charge in [-0.15, -0.1) is 12.3 Å². The molecule has 0 aliphatic carbocycles. The van der Waals surface area contributed by atoms with Crippen molar-refractivity contribution in [3.8, 4) is 12.3 Å². The van der Waals surface area contributed by atoms with E-state index in [0.29, 0.717) is 32.4 Å². The number of carbonyl (C=O) groups excluding carboxylic acids is 1. The Balaban J connectivity index is 1.48. The Morgan fingerprint density at radius 2 is 2.04 bits per heavy atom. The predicted octanol–water partition coefficient (Wildman–Crippen LogP) is 2.30. The van der Waals surface area contributed by atoms with E-state index >= 15 is 0 Å². The first kappa shape index (κ1) is 16.8. The summed E-state index contributed by atoms with van der Waals surface area (Å²) in [7, 11) is 0. The molecule has 3 rings (SSSR count). The molecule has 1 aromatic heterocycles. The molecule has 1 aliphatic rings. The van der Waals surface area contributed by atoms with E-state index in [4.69, 9.17) is 6.42 Å². The van der Waals surface area contributed by atoms with E-state index in [1.54, 1.807) is 11.0 Å².